The minimum absolute atomic E-state index is 0.470. The van der Waals surface area contributed by atoms with E-state index in [-0.39, 0.29) is 0 Å². The van der Waals surface area contributed by atoms with Gasteiger partial charge in [-0.2, -0.15) is 12.7 Å². The summed E-state index contributed by atoms with van der Waals surface area (Å²) in [6.45, 7) is 6.08. The molecule has 1 saturated carbocycles. The van der Waals surface area contributed by atoms with E-state index in [1.807, 2.05) is 13.8 Å². The van der Waals surface area contributed by atoms with Crippen molar-refractivity contribution in [3.05, 3.63) is 0 Å². The van der Waals surface area contributed by atoms with Crippen LogP contribution in [0.25, 0.3) is 0 Å². The fourth-order valence-corrected chi connectivity index (χ4v) is 3.86. The number of hydrogen-bond acceptors (Lipinski definition) is 3. The summed E-state index contributed by atoms with van der Waals surface area (Å²) in [4.78, 5) is 0. The second-order valence-electron chi connectivity index (χ2n) is 5.06. The second-order valence-corrected chi connectivity index (χ2v) is 6.82. The lowest BCUT2D eigenvalue weighted by Crippen LogP contribution is -2.42. The Balaban J connectivity index is 2.37. The number of nitrogens with two attached hydrogens (primary N) is 1. The van der Waals surface area contributed by atoms with Gasteiger partial charge in [-0.05, 0) is 44.1 Å². The molecule has 18 heavy (non-hydrogen) atoms. The lowest BCUT2D eigenvalue weighted by atomic mass is 9.82. The average molecular weight is 277 g/mol. The van der Waals surface area contributed by atoms with Crippen molar-refractivity contribution in [2.45, 2.75) is 39.5 Å². The quantitative estimate of drug-likeness (QED) is 0.727. The number of rotatable bonds is 7. The summed E-state index contributed by atoms with van der Waals surface area (Å²) in [7, 11) is -3.28. The van der Waals surface area contributed by atoms with Gasteiger partial charge in [-0.15, -0.1) is 0 Å². The molecule has 1 aliphatic rings. The maximum Gasteiger partial charge on any atom is 0.279 e. The van der Waals surface area contributed by atoms with Crippen LogP contribution in [0.5, 0.6) is 0 Å². The van der Waals surface area contributed by atoms with E-state index in [0.717, 1.165) is 32.2 Å². The van der Waals surface area contributed by atoms with Crippen molar-refractivity contribution in [2.75, 3.05) is 26.2 Å². The summed E-state index contributed by atoms with van der Waals surface area (Å²) >= 11 is 0. The lowest BCUT2D eigenvalue weighted by molar-refractivity contribution is 0.278. The molecule has 0 saturated heterocycles. The van der Waals surface area contributed by atoms with Gasteiger partial charge in [0.05, 0.1) is 0 Å². The molecule has 108 valence electrons. The summed E-state index contributed by atoms with van der Waals surface area (Å²) in [5, 5.41) is 0. The fraction of sp³-hybridized carbons (Fsp3) is 1.00. The summed E-state index contributed by atoms with van der Waals surface area (Å²) < 4.78 is 28.1. The molecular weight excluding hydrogens is 250 g/mol. The van der Waals surface area contributed by atoms with Gasteiger partial charge in [-0.1, -0.05) is 13.8 Å². The fourth-order valence-electron chi connectivity index (χ4n) is 2.55. The number of nitrogens with zero attached hydrogens (tertiary/aromatic N) is 1. The maximum absolute atomic E-state index is 12.0. The minimum atomic E-state index is -3.28. The molecule has 0 bridgehead atoms. The van der Waals surface area contributed by atoms with E-state index in [1.165, 1.54) is 4.31 Å². The van der Waals surface area contributed by atoms with Crippen LogP contribution in [0.4, 0.5) is 0 Å². The van der Waals surface area contributed by atoms with Crippen LogP contribution < -0.4 is 10.5 Å². The molecule has 0 aromatic heterocycles. The monoisotopic (exact) mass is 277 g/mol. The third-order valence-corrected chi connectivity index (χ3v) is 5.63. The number of hydrogen-bond donors (Lipinski definition) is 2. The molecule has 0 unspecified atom stereocenters. The van der Waals surface area contributed by atoms with Crippen LogP contribution in [0.1, 0.15) is 39.5 Å². The third kappa shape index (κ3) is 4.50. The smallest absolute Gasteiger partial charge is 0.279 e. The van der Waals surface area contributed by atoms with Gasteiger partial charge in [0, 0.05) is 19.6 Å². The molecule has 0 aromatic rings. The van der Waals surface area contributed by atoms with Gasteiger partial charge >= 0.3 is 0 Å². The van der Waals surface area contributed by atoms with E-state index in [2.05, 4.69) is 4.72 Å². The highest BCUT2D eigenvalue weighted by atomic mass is 32.2. The Hall–Kier alpha value is -0.170. The molecule has 1 rings (SSSR count). The highest BCUT2D eigenvalue weighted by Gasteiger charge is 2.23. The van der Waals surface area contributed by atoms with Gasteiger partial charge in [0.15, 0.2) is 0 Å². The summed E-state index contributed by atoms with van der Waals surface area (Å²) in [5.41, 5.74) is 5.65. The molecule has 5 nitrogen and oxygen atoms in total. The van der Waals surface area contributed by atoms with E-state index < -0.39 is 10.2 Å². The highest BCUT2D eigenvalue weighted by molar-refractivity contribution is 7.87. The first-order chi connectivity index (χ1) is 8.53. The molecular formula is C12H27N3O2S. The van der Waals surface area contributed by atoms with E-state index in [0.29, 0.717) is 31.5 Å². The van der Waals surface area contributed by atoms with E-state index in [9.17, 15) is 8.42 Å². The first kappa shape index (κ1) is 15.9. The van der Waals surface area contributed by atoms with Gasteiger partial charge in [0.1, 0.15) is 0 Å². The molecule has 0 amide bonds. The van der Waals surface area contributed by atoms with Crippen molar-refractivity contribution >= 4 is 10.2 Å². The maximum atomic E-state index is 12.0. The van der Waals surface area contributed by atoms with E-state index in [4.69, 9.17) is 5.73 Å². The van der Waals surface area contributed by atoms with Crippen LogP contribution in [-0.2, 0) is 10.2 Å². The van der Waals surface area contributed by atoms with Crippen LogP contribution in [0.15, 0.2) is 0 Å². The molecule has 0 radical (unpaired) electrons. The zero-order valence-electron chi connectivity index (χ0n) is 11.6. The zero-order valence-corrected chi connectivity index (χ0v) is 12.4. The Bertz CT molecular complexity index is 320. The minimum Gasteiger partial charge on any atom is -0.330 e. The van der Waals surface area contributed by atoms with Crippen LogP contribution in [0.2, 0.25) is 0 Å². The van der Waals surface area contributed by atoms with Crippen molar-refractivity contribution in [3.8, 4) is 0 Å². The van der Waals surface area contributed by atoms with Crippen molar-refractivity contribution in [1.29, 1.82) is 0 Å². The Morgan fingerprint density at radius 3 is 2.06 bits per heavy atom. The van der Waals surface area contributed by atoms with Gasteiger partial charge in [0.2, 0.25) is 0 Å². The molecule has 1 fully saturated rings. The Labute approximate surface area is 111 Å². The molecule has 0 atom stereocenters. The molecule has 6 heteroatoms. The predicted octanol–water partition coefficient (Wildman–Crippen LogP) is 0.928. The van der Waals surface area contributed by atoms with Gasteiger partial charge in [-0.3, -0.25) is 0 Å². The first-order valence-electron chi connectivity index (χ1n) is 6.98. The van der Waals surface area contributed by atoms with Crippen LogP contribution >= 0.6 is 0 Å². The zero-order chi connectivity index (χ0) is 13.6. The normalized spacial score (nSPS) is 25.6. The van der Waals surface area contributed by atoms with Gasteiger partial charge in [0.25, 0.3) is 10.2 Å². The SMILES string of the molecule is CCN(CC)S(=O)(=O)NCC1CCC(CN)CC1. The van der Waals surface area contributed by atoms with Crippen LogP contribution in [-0.4, -0.2) is 38.9 Å². The van der Waals surface area contributed by atoms with Gasteiger partial charge in [-0.25, -0.2) is 4.72 Å². The van der Waals surface area contributed by atoms with Crippen LogP contribution in [0.3, 0.4) is 0 Å². The largest absolute Gasteiger partial charge is 0.330 e. The second kappa shape index (κ2) is 7.43. The standard InChI is InChI=1S/C12H27N3O2S/c1-3-15(4-2)18(16,17)14-10-12-7-5-11(9-13)6-8-12/h11-12,14H,3-10,13H2,1-2H3. The van der Waals surface area contributed by atoms with Crippen molar-refractivity contribution < 1.29 is 8.42 Å². The molecule has 1 aliphatic carbocycles. The summed E-state index contributed by atoms with van der Waals surface area (Å²) in [5.74, 6) is 1.11. The third-order valence-electron chi connectivity index (χ3n) is 3.90. The molecule has 0 heterocycles. The van der Waals surface area contributed by atoms with E-state index in [1.54, 1.807) is 0 Å². The summed E-state index contributed by atoms with van der Waals surface area (Å²) in [6.07, 6.45) is 4.44. The Morgan fingerprint density at radius 2 is 1.61 bits per heavy atom. The Kier molecular flexibility index (Phi) is 6.55. The van der Waals surface area contributed by atoms with Gasteiger partial charge < -0.3 is 5.73 Å². The molecule has 0 aliphatic heterocycles. The van der Waals surface area contributed by atoms with Crippen molar-refractivity contribution in [1.82, 2.24) is 9.03 Å². The topological polar surface area (TPSA) is 75.4 Å². The predicted molar refractivity (Wildman–Crippen MR) is 74.3 cm³/mol. The molecule has 0 spiro atoms. The first-order valence-corrected chi connectivity index (χ1v) is 8.42. The molecule has 0 aromatic carbocycles. The number of nitrogens with one attached hydrogen (secondary N) is 1. The average Bonchev–Trinajstić information content (AvgIpc) is 2.38. The van der Waals surface area contributed by atoms with E-state index >= 15 is 0 Å². The van der Waals surface area contributed by atoms with Crippen molar-refractivity contribution in [3.63, 3.8) is 0 Å². The van der Waals surface area contributed by atoms with Crippen LogP contribution in [0, 0.1) is 11.8 Å². The summed E-state index contributed by atoms with van der Waals surface area (Å²) in [6, 6.07) is 0. The highest BCUT2D eigenvalue weighted by Crippen LogP contribution is 2.27. The Morgan fingerprint density at radius 1 is 1.11 bits per heavy atom. The molecule has 3 N–H and O–H groups in total. The van der Waals surface area contributed by atoms with Crippen molar-refractivity contribution in [2.24, 2.45) is 17.6 Å². The lowest BCUT2D eigenvalue weighted by Gasteiger charge is -2.28.